The van der Waals surface area contributed by atoms with Crippen molar-refractivity contribution < 1.29 is 14.6 Å². The maximum absolute atomic E-state index is 10.1. The molecular formula is C19H25NO3. The maximum atomic E-state index is 10.1. The van der Waals surface area contributed by atoms with Gasteiger partial charge in [-0.05, 0) is 50.2 Å². The van der Waals surface area contributed by atoms with Crippen LogP contribution in [0.5, 0.6) is 11.5 Å². The molecule has 0 spiro atoms. The molecule has 2 aromatic rings. The second kappa shape index (κ2) is 10.4. The molecule has 0 saturated heterocycles. The van der Waals surface area contributed by atoms with Crippen LogP contribution in [0.15, 0.2) is 48.5 Å². The average Bonchev–Trinajstić information content (AvgIpc) is 2.56. The highest BCUT2D eigenvalue weighted by Crippen LogP contribution is 2.26. The van der Waals surface area contributed by atoms with Crippen LogP contribution in [0, 0.1) is 5.92 Å². The van der Waals surface area contributed by atoms with Crippen LogP contribution < -0.4 is 10.1 Å². The predicted molar refractivity (Wildman–Crippen MR) is 93.3 cm³/mol. The van der Waals surface area contributed by atoms with Crippen molar-refractivity contribution in [2.75, 3.05) is 20.7 Å². The summed E-state index contributed by atoms with van der Waals surface area (Å²) in [5.74, 6) is 1.78. The lowest BCUT2D eigenvalue weighted by Gasteiger charge is -2.21. The van der Waals surface area contributed by atoms with Crippen molar-refractivity contribution in [1.82, 2.24) is 5.32 Å². The smallest absolute Gasteiger partial charge is 0.153 e. The molecule has 0 radical (unpaired) electrons. The van der Waals surface area contributed by atoms with E-state index in [1.165, 1.54) is 11.6 Å². The van der Waals surface area contributed by atoms with Crippen LogP contribution in [-0.4, -0.2) is 32.1 Å². The third-order valence-corrected chi connectivity index (χ3v) is 3.13. The minimum Gasteiger partial charge on any atom is -0.507 e. The van der Waals surface area contributed by atoms with Crippen LogP contribution in [-0.2, 0) is 6.42 Å². The largest absolute Gasteiger partial charge is 0.507 e. The van der Waals surface area contributed by atoms with Gasteiger partial charge in [0.2, 0.25) is 0 Å². The molecule has 1 aliphatic heterocycles. The normalized spacial score (nSPS) is 14.8. The van der Waals surface area contributed by atoms with E-state index >= 15 is 0 Å². The second-order valence-corrected chi connectivity index (χ2v) is 5.40. The molecule has 0 saturated carbocycles. The first-order valence-corrected chi connectivity index (χ1v) is 7.64. The van der Waals surface area contributed by atoms with Gasteiger partial charge in [-0.25, -0.2) is 0 Å². The molecular weight excluding hydrogens is 290 g/mol. The van der Waals surface area contributed by atoms with Crippen LogP contribution in [0.1, 0.15) is 22.8 Å². The third-order valence-electron chi connectivity index (χ3n) is 3.13. The number of hydrogen-bond acceptors (Lipinski definition) is 4. The summed E-state index contributed by atoms with van der Waals surface area (Å²) in [6, 6.07) is 14.7. The summed E-state index contributed by atoms with van der Waals surface area (Å²) in [4.78, 5) is 10.1. The van der Waals surface area contributed by atoms with Gasteiger partial charge in [0.05, 0.1) is 12.2 Å². The Bertz CT molecular complexity index is 599. The van der Waals surface area contributed by atoms with Gasteiger partial charge < -0.3 is 15.2 Å². The number of ether oxygens (including phenoxy) is 1. The zero-order valence-electron chi connectivity index (χ0n) is 14.0. The first-order valence-electron chi connectivity index (χ1n) is 7.64. The summed E-state index contributed by atoms with van der Waals surface area (Å²) in [6.45, 7) is 3.09. The van der Waals surface area contributed by atoms with E-state index in [2.05, 4.69) is 24.4 Å². The molecule has 2 aromatic carbocycles. The number of para-hydroxylation sites is 2. The Morgan fingerprint density at radius 1 is 1.13 bits per heavy atom. The first kappa shape index (κ1) is 18.7. The molecule has 1 atom stereocenters. The van der Waals surface area contributed by atoms with E-state index in [0.717, 1.165) is 18.8 Å². The highest BCUT2D eigenvalue weighted by atomic mass is 16.5. The molecule has 23 heavy (non-hydrogen) atoms. The quantitative estimate of drug-likeness (QED) is 0.793. The number of rotatable bonds is 1. The van der Waals surface area contributed by atoms with Crippen LogP contribution in [0.4, 0.5) is 0 Å². The van der Waals surface area contributed by atoms with Gasteiger partial charge in [-0.1, -0.05) is 37.3 Å². The lowest BCUT2D eigenvalue weighted by molar-refractivity contribution is 0.112. The molecule has 0 unspecified atom stereocenters. The SMILES string of the molecule is CNC.C[C@@H]1COc2ccccc2C1.O=Cc1ccccc1O. The highest BCUT2D eigenvalue weighted by Gasteiger charge is 2.14. The van der Waals surface area contributed by atoms with Crippen molar-refractivity contribution in [1.29, 1.82) is 0 Å². The number of carbonyl (C=O) groups is 1. The number of aldehydes is 1. The van der Waals surface area contributed by atoms with Crippen molar-refractivity contribution >= 4 is 6.29 Å². The number of benzene rings is 2. The number of phenolic OH excluding ortho intramolecular Hbond substituents is 1. The van der Waals surface area contributed by atoms with E-state index in [-0.39, 0.29) is 5.75 Å². The molecule has 4 nitrogen and oxygen atoms in total. The van der Waals surface area contributed by atoms with Gasteiger partial charge in [0.1, 0.15) is 11.5 Å². The first-order chi connectivity index (χ1) is 11.1. The molecule has 124 valence electrons. The fraction of sp³-hybridized carbons (Fsp3) is 0.316. The summed E-state index contributed by atoms with van der Waals surface area (Å²) in [7, 11) is 3.75. The lowest BCUT2D eigenvalue weighted by atomic mass is 9.99. The van der Waals surface area contributed by atoms with E-state index in [4.69, 9.17) is 9.84 Å². The Balaban J connectivity index is 0.000000200. The van der Waals surface area contributed by atoms with Crippen molar-refractivity contribution in [3.63, 3.8) is 0 Å². The van der Waals surface area contributed by atoms with Crippen LogP contribution >= 0.6 is 0 Å². The molecule has 4 heteroatoms. The maximum Gasteiger partial charge on any atom is 0.153 e. The number of aromatic hydroxyl groups is 1. The number of hydrogen-bond donors (Lipinski definition) is 2. The summed E-state index contributed by atoms with van der Waals surface area (Å²) >= 11 is 0. The lowest BCUT2D eigenvalue weighted by Crippen LogP contribution is -2.17. The van der Waals surface area contributed by atoms with E-state index < -0.39 is 0 Å². The van der Waals surface area contributed by atoms with Gasteiger partial charge in [0.15, 0.2) is 6.29 Å². The monoisotopic (exact) mass is 315 g/mol. The Kier molecular flexibility index (Phi) is 8.47. The van der Waals surface area contributed by atoms with Gasteiger partial charge in [0, 0.05) is 0 Å². The Hall–Kier alpha value is -2.33. The molecule has 0 bridgehead atoms. The summed E-state index contributed by atoms with van der Waals surface area (Å²) < 4.78 is 5.54. The summed E-state index contributed by atoms with van der Waals surface area (Å²) in [5.41, 5.74) is 1.68. The number of carbonyl (C=O) groups excluding carboxylic acids is 1. The van der Waals surface area contributed by atoms with Gasteiger partial charge in [0.25, 0.3) is 0 Å². The molecule has 1 aliphatic rings. The van der Waals surface area contributed by atoms with E-state index in [9.17, 15) is 4.79 Å². The van der Waals surface area contributed by atoms with Gasteiger partial charge in [-0.2, -0.15) is 0 Å². The minimum atomic E-state index is 0.0347. The van der Waals surface area contributed by atoms with E-state index in [0.29, 0.717) is 17.8 Å². The van der Waals surface area contributed by atoms with Crippen molar-refractivity contribution in [3.8, 4) is 11.5 Å². The van der Waals surface area contributed by atoms with Crippen molar-refractivity contribution in [3.05, 3.63) is 59.7 Å². The average molecular weight is 315 g/mol. The van der Waals surface area contributed by atoms with Crippen LogP contribution in [0.2, 0.25) is 0 Å². The molecule has 2 N–H and O–H groups in total. The second-order valence-electron chi connectivity index (χ2n) is 5.40. The molecule has 3 rings (SSSR count). The van der Waals surface area contributed by atoms with Gasteiger partial charge in [-0.3, -0.25) is 4.79 Å². The molecule has 0 aromatic heterocycles. The van der Waals surface area contributed by atoms with E-state index in [1.807, 2.05) is 26.2 Å². The minimum absolute atomic E-state index is 0.0347. The zero-order valence-corrected chi connectivity index (χ0v) is 14.0. The van der Waals surface area contributed by atoms with Crippen LogP contribution in [0.3, 0.4) is 0 Å². The van der Waals surface area contributed by atoms with Crippen LogP contribution in [0.25, 0.3) is 0 Å². The van der Waals surface area contributed by atoms with Crippen molar-refractivity contribution in [2.24, 2.45) is 5.92 Å². The number of phenols is 1. The highest BCUT2D eigenvalue weighted by molar-refractivity contribution is 5.78. The van der Waals surface area contributed by atoms with Gasteiger partial charge in [-0.15, -0.1) is 0 Å². The number of fused-ring (bicyclic) bond motifs is 1. The standard InChI is InChI=1S/C10H12O.C7H6O2.C2H7N/c1-8-6-9-4-2-3-5-10(9)11-7-8;8-5-6-3-1-2-4-7(6)9;1-3-2/h2-5,8H,6-7H2,1H3;1-5,9H;3H,1-2H3/t8-;;/m0../s1. The summed E-state index contributed by atoms with van der Waals surface area (Å²) in [6.07, 6.45) is 1.78. The van der Waals surface area contributed by atoms with Crippen molar-refractivity contribution in [2.45, 2.75) is 13.3 Å². The fourth-order valence-electron chi connectivity index (χ4n) is 2.07. The Morgan fingerprint density at radius 3 is 2.35 bits per heavy atom. The van der Waals surface area contributed by atoms with Gasteiger partial charge >= 0.3 is 0 Å². The summed E-state index contributed by atoms with van der Waals surface area (Å²) in [5, 5.41) is 11.6. The number of nitrogens with one attached hydrogen (secondary N) is 1. The molecule has 0 amide bonds. The predicted octanol–water partition coefficient (Wildman–Crippen LogP) is 3.30. The third kappa shape index (κ3) is 6.53. The van der Waals surface area contributed by atoms with E-state index in [1.54, 1.807) is 18.2 Å². The molecule has 0 aliphatic carbocycles. The Labute approximate surface area is 138 Å². The molecule has 1 heterocycles. The topological polar surface area (TPSA) is 58.6 Å². The Morgan fingerprint density at radius 2 is 1.74 bits per heavy atom. The zero-order chi connectivity index (χ0) is 17.1. The molecule has 0 fully saturated rings. The fourth-order valence-corrected chi connectivity index (χ4v) is 2.07.